The van der Waals surface area contributed by atoms with Gasteiger partial charge in [-0.25, -0.2) is 4.79 Å². The van der Waals surface area contributed by atoms with Crippen LogP contribution < -0.4 is 15.0 Å². The summed E-state index contributed by atoms with van der Waals surface area (Å²) in [5.74, 6) is 2.01. The van der Waals surface area contributed by atoms with Gasteiger partial charge >= 0.3 is 6.03 Å². The van der Waals surface area contributed by atoms with Gasteiger partial charge in [0, 0.05) is 44.3 Å². The molecule has 1 N–H and O–H groups in total. The summed E-state index contributed by atoms with van der Waals surface area (Å²) in [5.41, 5.74) is 1.38. The fourth-order valence-electron chi connectivity index (χ4n) is 5.25. The molecule has 34 heavy (non-hydrogen) atoms. The highest BCUT2D eigenvalue weighted by Gasteiger charge is 2.33. The molecule has 0 bridgehead atoms. The van der Waals surface area contributed by atoms with E-state index in [1.807, 2.05) is 17.0 Å². The lowest BCUT2D eigenvalue weighted by molar-refractivity contribution is 0.139. The Morgan fingerprint density at radius 2 is 1.74 bits per heavy atom. The highest BCUT2D eigenvalue weighted by molar-refractivity contribution is 5.75. The Bertz CT molecular complexity index is 889. The summed E-state index contributed by atoms with van der Waals surface area (Å²) in [5, 5.41) is 11.5. The van der Waals surface area contributed by atoms with Crippen molar-refractivity contribution in [2.75, 3.05) is 44.7 Å². The molecule has 2 atom stereocenters. The molecule has 2 fully saturated rings. The third-order valence-corrected chi connectivity index (χ3v) is 7.10. The monoisotopic (exact) mass is 466 g/mol. The van der Waals surface area contributed by atoms with Crippen LogP contribution in [0.5, 0.6) is 5.88 Å². The lowest BCUT2D eigenvalue weighted by Gasteiger charge is -2.44. The summed E-state index contributed by atoms with van der Waals surface area (Å²) in [4.78, 5) is 19.7. The molecule has 2 saturated heterocycles. The van der Waals surface area contributed by atoms with Crippen LogP contribution in [0, 0.1) is 5.92 Å². The Hall–Kier alpha value is -2.87. The van der Waals surface area contributed by atoms with E-state index >= 15 is 0 Å². The van der Waals surface area contributed by atoms with Gasteiger partial charge in [-0.05, 0) is 63.7 Å². The summed E-state index contributed by atoms with van der Waals surface area (Å²) in [6.07, 6.45) is 3.46. The van der Waals surface area contributed by atoms with E-state index in [1.165, 1.54) is 18.4 Å². The van der Waals surface area contributed by atoms with Gasteiger partial charge in [0.15, 0.2) is 5.82 Å². The predicted octanol–water partition coefficient (Wildman–Crippen LogP) is 3.40. The van der Waals surface area contributed by atoms with Gasteiger partial charge in [-0.15, -0.1) is 10.2 Å². The van der Waals surface area contributed by atoms with Crippen molar-refractivity contribution in [3.05, 3.63) is 48.0 Å². The Morgan fingerprint density at radius 1 is 1.03 bits per heavy atom. The number of ether oxygens (including phenoxy) is 1. The summed E-state index contributed by atoms with van der Waals surface area (Å²) in [6.45, 7) is 9.72. The van der Waals surface area contributed by atoms with Crippen molar-refractivity contribution < 1.29 is 9.53 Å². The Kier molecular flexibility index (Phi) is 8.21. The van der Waals surface area contributed by atoms with E-state index in [0.29, 0.717) is 11.8 Å². The number of hydrogen-bond donors (Lipinski definition) is 1. The van der Waals surface area contributed by atoms with Crippen molar-refractivity contribution in [1.82, 2.24) is 25.3 Å². The maximum Gasteiger partial charge on any atom is 0.318 e. The van der Waals surface area contributed by atoms with Crippen LogP contribution in [0.1, 0.15) is 38.7 Å². The topological polar surface area (TPSA) is 73.8 Å². The first kappa shape index (κ1) is 24.3. The normalized spacial score (nSPS) is 22.0. The number of carbonyl (C=O) groups excluding carboxylic acids is 1. The molecular weight excluding hydrogens is 428 g/mol. The Labute approximate surface area is 203 Å². The Morgan fingerprint density at radius 3 is 2.35 bits per heavy atom. The molecule has 2 aliphatic heterocycles. The largest absolute Gasteiger partial charge is 0.480 e. The van der Waals surface area contributed by atoms with E-state index < -0.39 is 0 Å². The molecule has 0 saturated carbocycles. The molecule has 3 heterocycles. The smallest absolute Gasteiger partial charge is 0.318 e. The molecule has 1 aromatic carbocycles. The lowest BCUT2D eigenvalue weighted by Crippen LogP contribution is -2.61. The number of amides is 2. The van der Waals surface area contributed by atoms with Crippen molar-refractivity contribution in [3.63, 3.8) is 0 Å². The summed E-state index contributed by atoms with van der Waals surface area (Å²) >= 11 is 0. The molecular formula is C26H38N6O2. The van der Waals surface area contributed by atoms with Crippen LogP contribution >= 0.6 is 0 Å². The third kappa shape index (κ3) is 6.17. The van der Waals surface area contributed by atoms with Crippen LogP contribution in [0.2, 0.25) is 0 Å². The molecule has 2 aliphatic rings. The molecule has 0 spiro atoms. The van der Waals surface area contributed by atoms with Crippen LogP contribution in [0.15, 0.2) is 42.5 Å². The van der Waals surface area contributed by atoms with Crippen molar-refractivity contribution in [2.45, 2.75) is 51.7 Å². The minimum Gasteiger partial charge on any atom is -0.480 e. The minimum absolute atomic E-state index is 0.0435. The van der Waals surface area contributed by atoms with E-state index in [9.17, 15) is 4.79 Å². The second kappa shape index (κ2) is 11.5. The number of carbonyl (C=O) groups is 1. The van der Waals surface area contributed by atoms with Crippen LogP contribution in [0.4, 0.5) is 10.6 Å². The number of methoxy groups -OCH3 is 1. The summed E-state index contributed by atoms with van der Waals surface area (Å²) in [7, 11) is 1.58. The molecule has 2 amide bonds. The number of aromatic nitrogens is 2. The van der Waals surface area contributed by atoms with E-state index in [4.69, 9.17) is 4.74 Å². The van der Waals surface area contributed by atoms with Crippen molar-refractivity contribution in [1.29, 1.82) is 0 Å². The first-order valence-electron chi connectivity index (χ1n) is 12.5. The van der Waals surface area contributed by atoms with Crippen LogP contribution in [0.25, 0.3) is 0 Å². The number of benzene rings is 1. The van der Waals surface area contributed by atoms with Crippen LogP contribution in [0.3, 0.4) is 0 Å². The first-order chi connectivity index (χ1) is 16.5. The Balaban J connectivity index is 1.18. The minimum atomic E-state index is 0.0435. The zero-order valence-electron chi connectivity index (χ0n) is 20.7. The summed E-state index contributed by atoms with van der Waals surface area (Å²) in [6, 6.07) is 14.7. The fourth-order valence-corrected chi connectivity index (χ4v) is 5.25. The van der Waals surface area contributed by atoms with E-state index in [2.05, 4.69) is 69.5 Å². The fraction of sp³-hybridized carbons (Fsp3) is 0.577. The number of nitrogens with zero attached hydrogens (tertiary/aromatic N) is 5. The average Bonchev–Trinajstić information content (AvgIpc) is 2.85. The van der Waals surface area contributed by atoms with E-state index in [1.54, 1.807) is 7.11 Å². The quantitative estimate of drug-likeness (QED) is 0.674. The van der Waals surface area contributed by atoms with Gasteiger partial charge in [-0.3, -0.25) is 4.90 Å². The van der Waals surface area contributed by atoms with Gasteiger partial charge in [0.05, 0.1) is 7.11 Å². The van der Waals surface area contributed by atoms with Crippen molar-refractivity contribution >= 4 is 11.8 Å². The zero-order valence-corrected chi connectivity index (χ0v) is 20.7. The van der Waals surface area contributed by atoms with Crippen LogP contribution in [-0.2, 0) is 6.54 Å². The molecule has 2 aromatic rings. The molecule has 8 nitrogen and oxygen atoms in total. The van der Waals surface area contributed by atoms with Gasteiger partial charge < -0.3 is 19.9 Å². The maximum atomic E-state index is 13.0. The lowest BCUT2D eigenvalue weighted by atomic mass is 9.93. The third-order valence-electron chi connectivity index (χ3n) is 7.10. The highest BCUT2D eigenvalue weighted by Crippen LogP contribution is 2.23. The van der Waals surface area contributed by atoms with E-state index in [0.717, 1.165) is 51.5 Å². The summed E-state index contributed by atoms with van der Waals surface area (Å²) < 4.78 is 5.10. The van der Waals surface area contributed by atoms with Gasteiger partial charge in [0.25, 0.3) is 0 Å². The molecule has 184 valence electrons. The molecule has 8 heteroatoms. The van der Waals surface area contributed by atoms with Crippen LogP contribution in [-0.4, -0.2) is 77.9 Å². The number of likely N-dealkylation sites (tertiary alicyclic amines) is 1. The number of piperazine rings is 1. The van der Waals surface area contributed by atoms with Gasteiger partial charge in [0.2, 0.25) is 5.88 Å². The van der Waals surface area contributed by atoms with Crippen molar-refractivity contribution in [2.24, 2.45) is 5.92 Å². The molecule has 4 rings (SSSR count). The molecule has 2 unspecified atom stereocenters. The van der Waals surface area contributed by atoms with E-state index in [-0.39, 0.29) is 18.1 Å². The number of hydrogen-bond acceptors (Lipinski definition) is 6. The average molecular weight is 467 g/mol. The zero-order chi connectivity index (χ0) is 23.9. The molecule has 0 radical (unpaired) electrons. The van der Waals surface area contributed by atoms with Gasteiger partial charge in [0.1, 0.15) is 0 Å². The number of piperidine rings is 1. The predicted molar refractivity (Wildman–Crippen MR) is 134 cm³/mol. The second-order valence-electron chi connectivity index (χ2n) is 9.67. The number of rotatable bonds is 7. The van der Waals surface area contributed by atoms with Crippen molar-refractivity contribution in [3.8, 4) is 5.88 Å². The molecule has 1 aromatic heterocycles. The van der Waals surface area contributed by atoms with Gasteiger partial charge in [-0.2, -0.15) is 0 Å². The number of anilines is 1. The number of nitrogens with one attached hydrogen (secondary N) is 1. The first-order valence-corrected chi connectivity index (χ1v) is 12.5. The molecule has 0 aliphatic carbocycles. The maximum absolute atomic E-state index is 13.0. The van der Waals surface area contributed by atoms with Gasteiger partial charge in [-0.1, -0.05) is 30.3 Å². The standard InChI is InChI=1S/C26H38N6O2/c1-20-17-31(24-9-10-25(34-3)29-28-24)18-21(2)32(20)26(33)27-14-11-22-12-15-30(16-13-22)19-23-7-5-4-6-8-23/h4-10,20-22H,11-19H2,1-3H3,(H,27,33). The SMILES string of the molecule is COc1ccc(N2CC(C)N(C(=O)NCCC3CCN(Cc4ccccc4)CC3)C(C)C2)nn1. The number of urea groups is 1. The highest BCUT2D eigenvalue weighted by atomic mass is 16.5. The second-order valence-corrected chi connectivity index (χ2v) is 9.67.